The van der Waals surface area contributed by atoms with E-state index in [1.54, 1.807) is 5.56 Å². The third-order valence-corrected chi connectivity index (χ3v) is 7.80. The predicted molar refractivity (Wildman–Crippen MR) is 147 cm³/mol. The van der Waals surface area contributed by atoms with Gasteiger partial charge in [-0.1, -0.05) is 140 Å². The van der Waals surface area contributed by atoms with Crippen LogP contribution in [0.3, 0.4) is 0 Å². The summed E-state index contributed by atoms with van der Waals surface area (Å²) in [6, 6.07) is 8.99. The third-order valence-electron chi connectivity index (χ3n) is 7.80. The van der Waals surface area contributed by atoms with E-state index in [0.29, 0.717) is 12.3 Å². The summed E-state index contributed by atoms with van der Waals surface area (Å²) < 4.78 is 0. The Kier molecular flexibility index (Phi) is 15.8. The fourth-order valence-corrected chi connectivity index (χ4v) is 5.75. The van der Waals surface area contributed by atoms with Gasteiger partial charge in [-0.2, -0.15) is 0 Å². The van der Waals surface area contributed by atoms with Gasteiger partial charge in [0.1, 0.15) is 0 Å². The quantitative estimate of drug-likeness (QED) is 0.182. The lowest BCUT2D eigenvalue weighted by Crippen LogP contribution is -2.16. The van der Waals surface area contributed by atoms with E-state index in [0.717, 1.165) is 18.8 Å². The van der Waals surface area contributed by atoms with Crippen LogP contribution in [0.1, 0.15) is 152 Å². The van der Waals surface area contributed by atoms with Crippen molar-refractivity contribution in [2.45, 2.75) is 141 Å². The number of fused-ring (bicyclic) bond motifs is 1. The molecule has 1 aliphatic carbocycles. The van der Waals surface area contributed by atoms with E-state index in [-0.39, 0.29) is 0 Å². The molecule has 192 valence electrons. The molecule has 0 heterocycles. The number of carboxylic acid groups (broad SMARTS) is 1. The molecule has 34 heavy (non-hydrogen) atoms. The largest absolute Gasteiger partial charge is 0.481 e. The number of unbranched alkanes of at least 4 members (excludes halogenated alkanes) is 14. The molecule has 2 rings (SSSR count). The number of aliphatic carboxylic acids is 1. The van der Waals surface area contributed by atoms with Gasteiger partial charge in [0.25, 0.3) is 0 Å². The van der Waals surface area contributed by atoms with Gasteiger partial charge in [0.2, 0.25) is 0 Å². The lowest BCUT2D eigenvalue weighted by Gasteiger charge is -2.30. The van der Waals surface area contributed by atoms with E-state index in [2.05, 4.69) is 43.3 Å². The minimum atomic E-state index is -0.657. The summed E-state index contributed by atoms with van der Waals surface area (Å²) in [4.78, 5) is 10.8. The second-order valence-corrected chi connectivity index (χ2v) is 10.7. The Morgan fingerprint density at radius 2 is 1.32 bits per heavy atom. The van der Waals surface area contributed by atoms with Crippen molar-refractivity contribution < 1.29 is 9.90 Å². The van der Waals surface area contributed by atoms with Crippen molar-refractivity contribution in [2.75, 3.05) is 0 Å². The van der Waals surface area contributed by atoms with E-state index in [1.807, 2.05) is 0 Å². The molecule has 0 aromatic heterocycles. The van der Waals surface area contributed by atoms with E-state index in [1.165, 1.54) is 115 Å². The Morgan fingerprint density at radius 1 is 0.794 bits per heavy atom. The van der Waals surface area contributed by atoms with Gasteiger partial charge in [0.05, 0.1) is 0 Å². The Balaban J connectivity index is 1.68. The molecule has 0 bridgehead atoms. The first-order chi connectivity index (χ1) is 16.7. The Hall–Kier alpha value is -1.57. The Bertz CT molecular complexity index is 677. The zero-order valence-electron chi connectivity index (χ0n) is 22.1. The van der Waals surface area contributed by atoms with E-state index in [4.69, 9.17) is 5.11 Å². The van der Waals surface area contributed by atoms with Gasteiger partial charge in [-0.15, -0.1) is 0 Å². The van der Waals surface area contributed by atoms with E-state index >= 15 is 0 Å². The first-order valence-corrected chi connectivity index (χ1v) is 14.7. The fraction of sp³-hybridized carbons (Fsp3) is 0.719. The number of carboxylic acids is 1. The summed E-state index contributed by atoms with van der Waals surface area (Å²) in [7, 11) is 0. The standard InChI is InChI=1S/C32H52O2/c1-2-3-4-5-6-7-8-9-10-11-12-15-21-28(22-16-13-14-17-27-32(33)34)31-26-20-24-29-23-18-19-25-30(29)31/h18-20,23-25,28,31H,2-17,21-22,26-27H2,1H3,(H,33,34). The molecule has 1 aromatic carbocycles. The van der Waals surface area contributed by atoms with Gasteiger partial charge in [-0.05, 0) is 48.6 Å². The van der Waals surface area contributed by atoms with Gasteiger partial charge in [0, 0.05) is 6.42 Å². The number of rotatable bonds is 21. The summed E-state index contributed by atoms with van der Waals surface area (Å²) in [5.74, 6) is 0.761. The lowest BCUT2D eigenvalue weighted by molar-refractivity contribution is -0.137. The van der Waals surface area contributed by atoms with Crippen LogP contribution in [0.4, 0.5) is 0 Å². The van der Waals surface area contributed by atoms with Crippen LogP contribution in [-0.4, -0.2) is 11.1 Å². The molecular formula is C32H52O2. The summed E-state index contributed by atoms with van der Waals surface area (Å²) in [6.07, 6.45) is 30.0. The topological polar surface area (TPSA) is 37.3 Å². The highest BCUT2D eigenvalue weighted by atomic mass is 16.4. The first-order valence-electron chi connectivity index (χ1n) is 14.7. The number of carbonyl (C=O) groups is 1. The van der Waals surface area contributed by atoms with Crippen molar-refractivity contribution in [3.63, 3.8) is 0 Å². The molecule has 0 fully saturated rings. The average molecular weight is 469 g/mol. The van der Waals surface area contributed by atoms with Crippen molar-refractivity contribution >= 4 is 12.0 Å². The van der Waals surface area contributed by atoms with Crippen molar-refractivity contribution in [3.8, 4) is 0 Å². The molecule has 0 amide bonds. The second kappa shape index (κ2) is 18.7. The van der Waals surface area contributed by atoms with Crippen LogP contribution >= 0.6 is 0 Å². The maximum atomic E-state index is 10.8. The molecule has 2 nitrogen and oxygen atoms in total. The number of hydrogen-bond donors (Lipinski definition) is 1. The third kappa shape index (κ3) is 12.2. The minimum absolute atomic E-state index is 0.323. The minimum Gasteiger partial charge on any atom is -0.481 e. The van der Waals surface area contributed by atoms with E-state index < -0.39 is 5.97 Å². The van der Waals surface area contributed by atoms with Crippen molar-refractivity contribution in [2.24, 2.45) is 5.92 Å². The number of hydrogen-bond acceptors (Lipinski definition) is 1. The fourth-order valence-electron chi connectivity index (χ4n) is 5.75. The molecule has 1 N–H and O–H groups in total. The maximum absolute atomic E-state index is 10.8. The zero-order chi connectivity index (χ0) is 24.3. The molecule has 0 saturated heterocycles. The van der Waals surface area contributed by atoms with Gasteiger partial charge in [-0.3, -0.25) is 4.79 Å². The van der Waals surface area contributed by atoms with Crippen LogP contribution in [0.15, 0.2) is 30.3 Å². The summed E-state index contributed by atoms with van der Waals surface area (Å²) in [6.45, 7) is 2.29. The molecule has 0 spiro atoms. The lowest BCUT2D eigenvalue weighted by atomic mass is 9.74. The normalized spacial score (nSPS) is 15.9. The number of benzene rings is 1. The monoisotopic (exact) mass is 468 g/mol. The highest BCUT2D eigenvalue weighted by Gasteiger charge is 2.25. The van der Waals surface area contributed by atoms with Gasteiger partial charge < -0.3 is 5.11 Å². The van der Waals surface area contributed by atoms with E-state index in [9.17, 15) is 4.79 Å². The van der Waals surface area contributed by atoms with Gasteiger partial charge >= 0.3 is 5.97 Å². The highest BCUT2D eigenvalue weighted by Crippen LogP contribution is 2.40. The van der Waals surface area contributed by atoms with Gasteiger partial charge in [-0.25, -0.2) is 0 Å². The average Bonchev–Trinajstić information content (AvgIpc) is 2.85. The van der Waals surface area contributed by atoms with Crippen LogP contribution < -0.4 is 0 Å². The van der Waals surface area contributed by atoms with Crippen LogP contribution in [-0.2, 0) is 4.79 Å². The first kappa shape index (κ1) is 28.7. The molecule has 0 aliphatic heterocycles. The molecule has 1 aliphatic rings. The van der Waals surface area contributed by atoms with Gasteiger partial charge in [0.15, 0.2) is 0 Å². The Labute approximate surface area is 210 Å². The zero-order valence-corrected chi connectivity index (χ0v) is 22.1. The molecule has 0 saturated carbocycles. The predicted octanol–water partition coefficient (Wildman–Crippen LogP) is 10.3. The molecule has 0 radical (unpaired) electrons. The maximum Gasteiger partial charge on any atom is 0.303 e. The summed E-state index contributed by atoms with van der Waals surface area (Å²) >= 11 is 0. The Morgan fingerprint density at radius 3 is 1.91 bits per heavy atom. The van der Waals surface area contributed by atoms with Crippen molar-refractivity contribution in [1.82, 2.24) is 0 Å². The van der Waals surface area contributed by atoms with Crippen molar-refractivity contribution in [3.05, 3.63) is 41.5 Å². The smallest absolute Gasteiger partial charge is 0.303 e. The summed E-state index contributed by atoms with van der Waals surface area (Å²) in [5, 5.41) is 8.86. The number of allylic oxidation sites excluding steroid dienone is 1. The van der Waals surface area contributed by atoms with Crippen LogP contribution in [0.5, 0.6) is 0 Å². The molecule has 1 aromatic rings. The SMILES string of the molecule is CCCCCCCCCCCCCCC(CCCCCCC(=O)O)C1CC=Cc2ccccc21. The van der Waals surface area contributed by atoms with Crippen LogP contribution in [0.2, 0.25) is 0 Å². The van der Waals surface area contributed by atoms with Crippen molar-refractivity contribution in [1.29, 1.82) is 0 Å². The second-order valence-electron chi connectivity index (χ2n) is 10.7. The molecule has 2 heteroatoms. The van der Waals surface area contributed by atoms with Crippen LogP contribution in [0, 0.1) is 5.92 Å². The van der Waals surface area contributed by atoms with Crippen LogP contribution in [0.25, 0.3) is 6.08 Å². The molecular weight excluding hydrogens is 416 g/mol. The highest BCUT2D eigenvalue weighted by molar-refractivity contribution is 5.66. The molecule has 2 unspecified atom stereocenters. The summed E-state index contributed by atoms with van der Waals surface area (Å²) in [5.41, 5.74) is 2.97. The molecule has 2 atom stereocenters.